The number of hydrogen-bond donors (Lipinski definition) is 1. The number of carbonyl (C=O) groups is 2. The fourth-order valence-electron chi connectivity index (χ4n) is 4.57. The topological polar surface area (TPSA) is 86.1 Å². The quantitative estimate of drug-likeness (QED) is 0.343. The summed E-state index contributed by atoms with van der Waals surface area (Å²) in [4.78, 5) is 23.1. The van der Waals surface area contributed by atoms with Gasteiger partial charge in [0, 0.05) is 24.8 Å². The molecule has 184 valence electrons. The number of piperidine rings is 1. The number of aromatic nitrogens is 3. The zero-order valence-corrected chi connectivity index (χ0v) is 20.0. The number of imide groups is 1. The van der Waals surface area contributed by atoms with Crippen LogP contribution in [0.2, 0.25) is 0 Å². The van der Waals surface area contributed by atoms with E-state index in [1.807, 2.05) is 23.0 Å². The second-order valence-electron chi connectivity index (χ2n) is 9.70. The van der Waals surface area contributed by atoms with Gasteiger partial charge >= 0.3 is 0 Å². The molecule has 2 aromatic rings. The predicted molar refractivity (Wildman–Crippen MR) is 126 cm³/mol. The van der Waals surface area contributed by atoms with Crippen molar-refractivity contribution in [3.05, 3.63) is 41.5 Å². The molecule has 1 aliphatic carbocycles. The number of rotatable bonds is 13. The van der Waals surface area contributed by atoms with Crippen LogP contribution in [0.1, 0.15) is 81.9 Å². The van der Waals surface area contributed by atoms with E-state index in [1.165, 1.54) is 18.9 Å². The molecule has 2 aliphatic rings. The molecular weight excluding hydrogens is 435 g/mol. The van der Waals surface area contributed by atoms with Crippen molar-refractivity contribution >= 4 is 11.8 Å². The monoisotopic (exact) mass is 470 g/mol. The predicted octanol–water partition coefficient (Wildman–Crippen LogP) is 4.56. The van der Waals surface area contributed by atoms with Crippen LogP contribution in [-0.4, -0.2) is 33.4 Å². The minimum atomic E-state index is -0.307. The summed E-state index contributed by atoms with van der Waals surface area (Å²) in [5, 5.41) is 10.9. The number of nitrogens with one attached hydrogen (secondary N) is 1. The van der Waals surface area contributed by atoms with Crippen molar-refractivity contribution in [3.8, 4) is 5.75 Å². The molecule has 0 bridgehead atoms. The van der Waals surface area contributed by atoms with Gasteiger partial charge in [0.1, 0.15) is 0 Å². The van der Waals surface area contributed by atoms with E-state index in [0.717, 1.165) is 49.8 Å². The fourth-order valence-corrected chi connectivity index (χ4v) is 4.57. The summed E-state index contributed by atoms with van der Waals surface area (Å²) in [5.74, 6) is 0.490. The van der Waals surface area contributed by atoms with Crippen LogP contribution in [0, 0.1) is 17.7 Å². The van der Waals surface area contributed by atoms with Crippen LogP contribution >= 0.6 is 0 Å². The maximum atomic E-state index is 14.2. The van der Waals surface area contributed by atoms with E-state index in [9.17, 15) is 14.0 Å². The molecule has 4 rings (SSSR count). The first-order valence-corrected chi connectivity index (χ1v) is 12.7. The minimum Gasteiger partial charge on any atom is -0.490 e. The normalized spacial score (nSPS) is 19.2. The van der Waals surface area contributed by atoms with Gasteiger partial charge in [0.2, 0.25) is 11.8 Å². The average Bonchev–Trinajstić information content (AvgIpc) is 3.55. The van der Waals surface area contributed by atoms with Crippen LogP contribution in [0.4, 0.5) is 4.39 Å². The van der Waals surface area contributed by atoms with E-state index in [4.69, 9.17) is 4.74 Å². The molecule has 1 saturated heterocycles. The smallest absolute Gasteiger partial charge is 0.229 e. The third-order valence-electron chi connectivity index (χ3n) is 7.02. The molecule has 2 atom stereocenters. The van der Waals surface area contributed by atoms with Crippen LogP contribution in [-0.2, 0) is 22.6 Å². The molecule has 1 aliphatic heterocycles. The first-order valence-electron chi connectivity index (χ1n) is 12.7. The Labute approximate surface area is 200 Å². The van der Waals surface area contributed by atoms with Crippen molar-refractivity contribution in [2.45, 2.75) is 83.6 Å². The Hall–Kier alpha value is -2.77. The molecule has 0 radical (unpaired) electrons. The Kier molecular flexibility index (Phi) is 8.29. The largest absolute Gasteiger partial charge is 0.490 e. The van der Waals surface area contributed by atoms with Gasteiger partial charge in [0.15, 0.2) is 11.6 Å². The fraction of sp³-hybridized carbons (Fsp3) is 0.615. The summed E-state index contributed by atoms with van der Waals surface area (Å²) in [6, 6.07) is 5.20. The molecule has 1 aromatic carbocycles. The SMILES string of the molecule is CC[C@@H](Cn1nncc1CCCCCC1CCC(=O)NC1=O)c1ccc(F)c(OCC2CC2)c1. The van der Waals surface area contributed by atoms with Gasteiger partial charge in [0.05, 0.1) is 18.5 Å². The Bertz CT molecular complexity index is 988. The van der Waals surface area contributed by atoms with Crippen molar-refractivity contribution < 1.29 is 18.7 Å². The summed E-state index contributed by atoms with van der Waals surface area (Å²) in [6.07, 6.45) is 10.8. The molecule has 0 spiro atoms. The molecular formula is C26H35FN4O3. The van der Waals surface area contributed by atoms with E-state index < -0.39 is 0 Å². The number of nitrogens with zero attached hydrogens (tertiary/aromatic N) is 3. The van der Waals surface area contributed by atoms with E-state index in [2.05, 4.69) is 22.6 Å². The van der Waals surface area contributed by atoms with E-state index in [1.54, 1.807) is 0 Å². The second kappa shape index (κ2) is 11.6. The van der Waals surface area contributed by atoms with Gasteiger partial charge in [-0.25, -0.2) is 9.07 Å². The highest BCUT2D eigenvalue weighted by Gasteiger charge is 2.26. The number of aryl methyl sites for hydroxylation is 1. The maximum Gasteiger partial charge on any atom is 0.229 e. The highest BCUT2D eigenvalue weighted by atomic mass is 19.1. The lowest BCUT2D eigenvalue weighted by molar-refractivity contribution is -0.136. The van der Waals surface area contributed by atoms with Crippen LogP contribution in [0.15, 0.2) is 24.4 Å². The molecule has 34 heavy (non-hydrogen) atoms. The average molecular weight is 471 g/mol. The van der Waals surface area contributed by atoms with Gasteiger partial charge < -0.3 is 4.74 Å². The molecule has 1 saturated carbocycles. The van der Waals surface area contributed by atoms with Crippen LogP contribution in [0.5, 0.6) is 5.75 Å². The summed E-state index contributed by atoms with van der Waals surface area (Å²) >= 11 is 0. The van der Waals surface area contributed by atoms with E-state index >= 15 is 0 Å². The Morgan fingerprint density at radius 3 is 2.82 bits per heavy atom. The van der Waals surface area contributed by atoms with Gasteiger partial charge in [-0.15, -0.1) is 5.10 Å². The lowest BCUT2D eigenvalue weighted by Crippen LogP contribution is -2.40. The number of halogens is 1. The highest BCUT2D eigenvalue weighted by Crippen LogP contribution is 2.32. The van der Waals surface area contributed by atoms with Crippen molar-refractivity contribution in [2.24, 2.45) is 11.8 Å². The van der Waals surface area contributed by atoms with Gasteiger partial charge in [-0.05, 0) is 68.6 Å². The summed E-state index contributed by atoms with van der Waals surface area (Å²) in [7, 11) is 0. The maximum absolute atomic E-state index is 14.2. The van der Waals surface area contributed by atoms with Gasteiger partial charge in [0.25, 0.3) is 0 Å². The van der Waals surface area contributed by atoms with Crippen molar-refractivity contribution in [1.29, 1.82) is 0 Å². The van der Waals surface area contributed by atoms with Gasteiger partial charge in [-0.1, -0.05) is 31.0 Å². The van der Waals surface area contributed by atoms with Crippen LogP contribution in [0.25, 0.3) is 0 Å². The van der Waals surface area contributed by atoms with E-state index in [-0.39, 0.29) is 29.5 Å². The molecule has 1 N–H and O–H groups in total. The van der Waals surface area contributed by atoms with Gasteiger partial charge in [-0.2, -0.15) is 0 Å². The number of unbranched alkanes of at least 4 members (excludes halogenated alkanes) is 2. The molecule has 8 heteroatoms. The lowest BCUT2D eigenvalue weighted by Gasteiger charge is -2.20. The standard InChI is InChI=1S/C26H35FN4O3/c1-2-19(21-10-12-23(27)24(14-21)34-17-18-8-9-18)16-31-22(15-28-30-31)7-5-3-4-6-20-11-13-25(32)29-26(20)33/h10,12,14-15,18-20H,2-9,11,13,16-17H2,1H3,(H,29,32,33)/t19-,20?/m0/s1. The van der Waals surface area contributed by atoms with Crippen molar-refractivity contribution in [1.82, 2.24) is 20.3 Å². The highest BCUT2D eigenvalue weighted by molar-refractivity contribution is 5.98. The second-order valence-corrected chi connectivity index (χ2v) is 9.70. The number of carbonyl (C=O) groups excluding carboxylic acids is 2. The zero-order chi connectivity index (χ0) is 23.9. The van der Waals surface area contributed by atoms with Gasteiger partial charge in [-0.3, -0.25) is 14.9 Å². The van der Waals surface area contributed by atoms with Crippen LogP contribution < -0.4 is 10.1 Å². The minimum absolute atomic E-state index is 0.0379. The van der Waals surface area contributed by atoms with E-state index in [0.29, 0.717) is 37.7 Å². The summed E-state index contributed by atoms with van der Waals surface area (Å²) in [5.41, 5.74) is 2.15. The first kappa shape index (κ1) is 24.4. The number of benzene rings is 1. The summed E-state index contributed by atoms with van der Waals surface area (Å²) in [6.45, 7) is 3.41. The molecule has 2 amide bonds. The number of ether oxygens (including phenoxy) is 1. The lowest BCUT2D eigenvalue weighted by atomic mass is 9.92. The Balaban J connectivity index is 1.26. The van der Waals surface area contributed by atoms with Crippen molar-refractivity contribution in [3.63, 3.8) is 0 Å². The Morgan fingerprint density at radius 2 is 2.06 bits per heavy atom. The first-order chi connectivity index (χ1) is 16.5. The third-order valence-corrected chi connectivity index (χ3v) is 7.02. The number of hydrogen-bond acceptors (Lipinski definition) is 5. The molecule has 2 heterocycles. The third kappa shape index (κ3) is 6.64. The molecule has 1 aromatic heterocycles. The number of amides is 2. The molecule has 7 nitrogen and oxygen atoms in total. The molecule has 2 fully saturated rings. The van der Waals surface area contributed by atoms with Crippen LogP contribution in [0.3, 0.4) is 0 Å². The molecule has 1 unspecified atom stereocenters. The van der Waals surface area contributed by atoms with Crippen molar-refractivity contribution in [2.75, 3.05) is 6.61 Å². The Morgan fingerprint density at radius 1 is 1.21 bits per heavy atom. The zero-order valence-electron chi connectivity index (χ0n) is 20.0. The summed E-state index contributed by atoms with van der Waals surface area (Å²) < 4.78 is 21.9.